The Labute approximate surface area is 105 Å². The molecule has 0 spiro atoms. The number of nitrogens with zero attached hydrogens (tertiary/aromatic N) is 1. The minimum atomic E-state index is 0.543. The lowest BCUT2D eigenvalue weighted by atomic mass is 10.3. The van der Waals surface area contributed by atoms with Crippen molar-refractivity contribution >= 4 is 22.6 Å². The molecular weight excluding hydrogens is 236 g/mol. The molecule has 0 saturated heterocycles. The van der Waals surface area contributed by atoms with Gasteiger partial charge in [-0.05, 0) is 12.1 Å². The minimum absolute atomic E-state index is 0.543. The predicted octanol–water partition coefficient (Wildman–Crippen LogP) is 2.61. The van der Waals surface area contributed by atoms with Gasteiger partial charge < -0.3 is 14.8 Å². The molecule has 1 aliphatic heterocycles. The average molecular weight is 252 g/mol. The topological polar surface area (TPSA) is 42.8 Å². The number of thioether (sulfide) groups is 1. The number of amidine groups is 1. The van der Waals surface area contributed by atoms with Gasteiger partial charge in [0.25, 0.3) is 0 Å². The Morgan fingerprint density at radius 2 is 2.18 bits per heavy atom. The number of rotatable bonds is 3. The molecule has 0 amide bonds. The summed E-state index contributed by atoms with van der Waals surface area (Å²) in [6.07, 6.45) is 0. The first-order valence-corrected chi connectivity index (χ1v) is 6.31. The van der Waals surface area contributed by atoms with Gasteiger partial charge in [-0.3, -0.25) is 4.99 Å². The molecule has 1 atom stereocenters. The van der Waals surface area contributed by atoms with Gasteiger partial charge in [0.2, 0.25) is 0 Å². The van der Waals surface area contributed by atoms with Crippen LogP contribution in [0.25, 0.3) is 0 Å². The zero-order valence-corrected chi connectivity index (χ0v) is 11.0. The number of benzene rings is 1. The summed E-state index contributed by atoms with van der Waals surface area (Å²) in [6.45, 7) is 3.03. The van der Waals surface area contributed by atoms with E-state index in [-0.39, 0.29) is 0 Å². The molecule has 1 aromatic carbocycles. The van der Waals surface area contributed by atoms with Gasteiger partial charge in [0.05, 0.1) is 26.5 Å². The molecule has 0 unspecified atom stereocenters. The third kappa shape index (κ3) is 2.85. The van der Waals surface area contributed by atoms with Crippen LogP contribution in [0.4, 0.5) is 5.69 Å². The lowest BCUT2D eigenvalue weighted by Crippen LogP contribution is -2.07. The molecule has 1 N–H and O–H groups in total. The monoisotopic (exact) mass is 252 g/mol. The van der Waals surface area contributed by atoms with E-state index in [4.69, 9.17) is 9.47 Å². The van der Waals surface area contributed by atoms with E-state index in [1.165, 1.54) is 0 Å². The maximum absolute atomic E-state index is 5.32. The molecule has 0 saturated carbocycles. The number of aliphatic imine (C=N–C) groups is 1. The zero-order valence-electron chi connectivity index (χ0n) is 10.2. The van der Waals surface area contributed by atoms with E-state index in [1.54, 1.807) is 26.0 Å². The van der Waals surface area contributed by atoms with Crippen LogP contribution in [0.3, 0.4) is 0 Å². The standard InChI is InChI=1S/C12H16N2O2S/c1-8-7-13-12(17-8)14-10-5-4-9(15-2)6-11(10)16-3/h4-6,8H,7H2,1-3H3,(H,13,14)/t8-/m1/s1. The molecule has 0 aliphatic carbocycles. The van der Waals surface area contributed by atoms with E-state index in [0.29, 0.717) is 5.25 Å². The lowest BCUT2D eigenvalue weighted by molar-refractivity contribution is 0.395. The van der Waals surface area contributed by atoms with Crippen molar-refractivity contribution in [2.45, 2.75) is 12.2 Å². The molecule has 0 fully saturated rings. The first kappa shape index (κ1) is 12.1. The highest BCUT2D eigenvalue weighted by molar-refractivity contribution is 8.15. The maximum atomic E-state index is 5.32. The summed E-state index contributed by atoms with van der Waals surface area (Å²) in [4.78, 5) is 4.41. The quantitative estimate of drug-likeness (QED) is 0.898. The van der Waals surface area contributed by atoms with Crippen LogP contribution < -0.4 is 14.8 Å². The summed E-state index contributed by atoms with van der Waals surface area (Å²) in [6, 6.07) is 5.68. The Morgan fingerprint density at radius 3 is 2.76 bits per heavy atom. The SMILES string of the molecule is COc1ccc(NC2=NC[C@@H](C)S2)c(OC)c1. The van der Waals surface area contributed by atoms with Crippen LogP contribution in [-0.4, -0.2) is 31.2 Å². The molecule has 0 bridgehead atoms. The highest BCUT2D eigenvalue weighted by Crippen LogP contribution is 2.31. The summed E-state index contributed by atoms with van der Waals surface area (Å²) in [7, 11) is 3.28. The van der Waals surface area contributed by atoms with Crippen LogP contribution in [0, 0.1) is 0 Å². The van der Waals surface area contributed by atoms with E-state index in [0.717, 1.165) is 28.9 Å². The number of nitrogens with one attached hydrogen (secondary N) is 1. The Hall–Kier alpha value is -1.36. The molecule has 1 heterocycles. The van der Waals surface area contributed by atoms with Crippen molar-refractivity contribution in [3.05, 3.63) is 18.2 Å². The summed E-state index contributed by atoms with van der Waals surface area (Å²) in [5.74, 6) is 1.54. The Morgan fingerprint density at radius 1 is 1.35 bits per heavy atom. The number of hydrogen-bond acceptors (Lipinski definition) is 5. The number of anilines is 1. The van der Waals surface area contributed by atoms with Crippen LogP contribution in [0.2, 0.25) is 0 Å². The summed E-state index contributed by atoms with van der Waals surface area (Å²) >= 11 is 1.74. The van der Waals surface area contributed by atoms with Gasteiger partial charge in [-0.1, -0.05) is 18.7 Å². The summed E-state index contributed by atoms with van der Waals surface area (Å²) in [5, 5.41) is 4.76. The third-order valence-electron chi connectivity index (χ3n) is 2.46. The second-order valence-corrected chi connectivity index (χ2v) is 5.19. The summed E-state index contributed by atoms with van der Waals surface area (Å²) < 4.78 is 10.5. The fraction of sp³-hybridized carbons (Fsp3) is 0.417. The second kappa shape index (κ2) is 5.31. The van der Waals surface area contributed by atoms with E-state index >= 15 is 0 Å². The van der Waals surface area contributed by atoms with E-state index < -0.39 is 0 Å². The molecule has 5 heteroatoms. The molecule has 0 aromatic heterocycles. The van der Waals surface area contributed by atoms with Gasteiger partial charge in [-0.25, -0.2) is 0 Å². The molecule has 1 aromatic rings. The molecule has 4 nitrogen and oxygen atoms in total. The van der Waals surface area contributed by atoms with Crippen molar-refractivity contribution in [3.63, 3.8) is 0 Å². The maximum Gasteiger partial charge on any atom is 0.161 e. The van der Waals surface area contributed by atoms with Gasteiger partial charge in [-0.15, -0.1) is 0 Å². The Kier molecular flexibility index (Phi) is 3.78. The van der Waals surface area contributed by atoms with Gasteiger partial charge >= 0.3 is 0 Å². The number of ether oxygens (including phenoxy) is 2. The first-order valence-electron chi connectivity index (χ1n) is 5.43. The predicted molar refractivity (Wildman–Crippen MR) is 72.5 cm³/mol. The highest BCUT2D eigenvalue weighted by Gasteiger charge is 2.16. The van der Waals surface area contributed by atoms with E-state index in [9.17, 15) is 0 Å². The van der Waals surface area contributed by atoms with Crippen molar-refractivity contribution in [2.24, 2.45) is 4.99 Å². The first-order chi connectivity index (χ1) is 8.22. The van der Waals surface area contributed by atoms with Crippen LogP contribution in [-0.2, 0) is 0 Å². The molecule has 17 heavy (non-hydrogen) atoms. The zero-order chi connectivity index (χ0) is 12.3. The van der Waals surface area contributed by atoms with Crippen LogP contribution in [0.5, 0.6) is 11.5 Å². The van der Waals surface area contributed by atoms with Crippen molar-refractivity contribution in [1.82, 2.24) is 0 Å². The van der Waals surface area contributed by atoms with Gasteiger partial charge in [-0.2, -0.15) is 0 Å². The third-order valence-corrected chi connectivity index (χ3v) is 3.46. The normalized spacial score (nSPS) is 18.8. The largest absolute Gasteiger partial charge is 0.497 e. The van der Waals surface area contributed by atoms with Crippen LogP contribution in [0.1, 0.15) is 6.92 Å². The van der Waals surface area contributed by atoms with Crippen LogP contribution >= 0.6 is 11.8 Å². The summed E-state index contributed by atoms with van der Waals surface area (Å²) in [5.41, 5.74) is 0.911. The van der Waals surface area contributed by atoms with Gasteiger partial charge in [0, 0.05) is 11.3 Å². The second-order valence-electron chi connectivity index (χ2n) is 3.77. The molecular formula is C12H16N2O2S. The van der Waals surface area contributed by atoms with Gasteiger partial charge in [0.15, 0.2) is 5.17 Å². The Bertz CT molecular complexity index is 435. The fourth-order valence-corrected chi connectivity index (χ4v) is 2.41. The average Bonchev–Trinajstić information content (AvgIpc) is 2.75. The minimum Gasteiger partial charge on any atom is -0.497 e. The molecule has 0 radical (unpaired) electrons. The lowest BCUT2D eigenvalue weighted by Gasteiger charge is -2.12. The highest BCUT2D eigenvalue weighted by atomic mass is 32.2. The number of hydrogen-bond donors (Lipinski definition) is 1. The molecule has 1 aliphatic rings. The van der Waals surface area contributed by atoms with E-state index in [1.807, 2.05) is 18.2 Å². The molecule has 2 rings (SSSR count). The van der Waals surface area contributed by atoms with Crippen molar-refractivity contribution < 1.29 is 9.47 Å². The smallest absolute Gasteiger partial charge is 0.161 e. The fourth-order valence-electron chi connectivity index (χ4n) is 1.56. The van der Waals surface area contributed by atoms with E-state index in [2.05, 4.69) is 17.2 Å². The van der Waals surface area contributed by atoms with Gasteiger partial charge in [0.1, 0.15) is 11.5 Å². The van der Waals surface area contributed by atoms with Crippen molar-refractivity contribution in [1.29, 1.82) is 0 Å². The molecule has 92 valence electrons. The van der Waals surface area contributed by atoms with Crippen molar-refractivity contribution in [3.8, 4) is 11.5 Å². The Balaban J connectivity index is 2.15. The van der Waals surface area contributed by atoms with Crippen molar-refractivity contribution in [2.75, 3.05) is 26.1 Å². The van der Waals surface area contributed by atoms with Crippen LogP contribution in [0.15, 0.2) is 23.2 Å². The number of methoxy groups -OCH3 is 2.